The highest BCUT2D eigenvalue weighted by Crippen LogP contribution is 2.31. The van der Waals surface area contributed by atoms with Crippen LogP contribution in [0.3, 0.4) is 0 Å². The highest BCUT2D eigenvalue weighted by atomic mass is 35.5. The van der Waals surface area contributed by atoms with E-state index in [-0.39, 0.29) is 0 Å². The summed E-state index contributed by atoms with van der Waals surface area (Å²) in [5.41, 5.74) is 1.10. The van der Waals surface area contributed by atoms with Crippen molar-refractivity contribution in [2.24, 2.45) is 5.92 Å². The van der Waals surface area contributed by atoms with Gasteiger partial charge in [-0.05, 0) is 43.5 Å². The maximum absolute atomic E-state index is 12.1. The molecule has 0 bridgehead atoms. The smallest absolute Gasteiger partial charge is 0.299 e. The van der Waals surface area contributed by atoms with Gasteiger partial charge in [-0.25, -0.2) is 0 Å². The minimum atomic E-state index is -0.454. The molecule has 0 radical (unpaired) electrons. The van der Waals surface area contributed by atoms with Crippen LogP contribution in [0.5, 0.6) is 0 Å². The highest BCUT2D eigenvalue weighted by Gasteiger charge is 2.36. The minimum Gasteiger partial charge on any atom is -0.314 e. The summed E-state index contributed by atoms with van der Waals surface area (Å²) in [5.74, 6) is -0.598. The summed E-state index contributed by atoms with van der Waals surface area (Å²) < 4.78 is 0. The van der Waals surface area contributed by atoms with E-state index in [1.165, 1.54) is 12.8 Å². The van der Waals surface area contributed by atoms with Crippen LogP contribution in [0.1, 0.15) is 30.1 Å². The summed E-state index contributed by atoms with van der Waals surface area (Å²) in [6, 6.07) is 5.69. The molecule has 4 nitrogen and oxygen atoms in total. The number of rotatable bonds is 5. The van der Waals surface area contributed by atoms with E-state index in [9.17, 15) is 9.59 Å². The molecule has 1 heterocycles. The lowest BCUT2D eigenvalue weighted by atomic mass is 10.1. The number of nitrogens with zero attached hydrogens (tertiary/aromatic N) is 1. The zero-order valence-electron chi connectivity index (χ0n) is 11.4. The van der Waals surface area contributed by atoms with Crippen LogP contribution in [-0.2, 0) is 4.79 Å². The maximum Gasteiger partial charge on any atom is 0.299 e. The lowest BCUT2D eigenvalue weighted by molar-refractivity contribution is -0.114. The van der Waals surface area contributed by atoms with Crippen LogP contribution in [0.15, 0.2) is 18.2 Å². The minimum absolute atomic E-state index is 0.300. The zero-order chi connectivity index (χ0) is 14.3. The number of ketones is 1. The van der Waals surface area contributed by atoms with Crippen molar-refractivity contribution in [2.75, 3.05) is 18.0 Å². The van der Waals surface area contributed by atoms with Gasteiger partial charge < -0.3 is 10.2 Å². The lowest BCUT2D eigenvalue weighted by Crippen LogP contribution is -2.37. The van der Waals surface area contributed by atoms with Gasteiger partial charge in [0.05, 0.1) is 11.3 Å². The van der Waals surface area contributed by atoms with Crippen molar-refractivity contribution in [1.29, 1.82) is 0 Å². The summed E-state index contributed by atoms with van der Waals surface area (Å²) in [6.07, 6.45) is 2.49. The van der Waals surface area contributed by atoms with Crippen LogP contribution >= 0.6 is 11.6 Å². The van der Waals surface area contributed by atoms with Gasteiger partial charge in [-0.2, -0.15) is 0 Å². The van der Waals surface area contributed by atoms with Gasteiger partial charge in [0.25, 0.3) is 11.7 Å². The maximum atomic E-state index is 12.1. The summed E-state index contributed by atoms with van der Waals surface area (Å²) in [4.78, 5) is 25.6. The van der Waals surface area contributed by atoms with Crippen molar-refractivity contribution in [2.45, 2.75) is 25.8 Å². The largest absolute Gasteiger partial charge is 0.314 e. The molecule has 1 N–H and O–H groups in total. The van der Waals surface area contributed by atoms with Gasteiger partial charge in [-0.1, -0.05) is 18.5 Å². The number of halogens is 1. The van der Waals surface area contributed by atoms with E-state index in [1.54, 1.807) is 23.1 Å². The van der Waals surface area contributed by atoms with E-state index >= 15 is 0 Å². The van der Waals surface area contributed by atoms with E-state index in [4.69, 9.17) is 11.6 Å². The molecule has 2 aliphatic rings. The van der Waals surface area contributed by atoms with Gasteiger partial charge >= 0.3 is 0 Å². The van der Waals surface area contributed by atoms with E-state index in [0.29, 0.717) is 34.8 Å². The van der Waals surface area contributed by atoms with Crippen molar-refractivity contribution in [3.05, 3.63) is 28.8 Å². The Morgan fingerprint density at radius 1 is 1.40 bits per heavy atom. The Kier molecular flexibility index (Phi) is 3.52. The van der Waals surface area contributed by atoms with Crippen molar-refractivity contribution in [1.82, 2.24) is 5.32 Å². The first-order chi connectivity index (χ1) is 9.56. The number of nitrogens with one attached hydrogen (secondary N) is 1. The molecule has 106 valence electrons. The Hall–Kier alpha value is -1.39. The predicted octanol–water partition coefficient (Wildman–Crippen LogP) is 2.26. The molecule has 5 heteroatoms. The molecule has 1 unspecified atom stereocenters. The van der Waals surface area contributed by atoms with Gasteiger partial charge in [0.2, 0.25) is 0 Å². The Labute approximate surface area is 123 Å². The Morgan fingerprint density at radius 2 is 2.15 bits per heavy atom. The Bertz CT molecular complexity index is 569. The average molecular weight is 293 g/mol. The molecule has 0 aromatic heterocycles. The fourth-order valence-electron chi connectivity index (χ4n) is 2.49. The quantitative estimate of drug-likeness (QED) is 0.847. The highest BCUT2D eigenvalue weighted by molar-refractivity contribution is 6.52. The molecule has 1 amide bonds. The number of amides is 1. The summed E-state index contributed by atoms with van der Waals surface area (Å²) in [5, 5.41) is 3.93. The van der Waals surface area contributed by atoms with Gasteiger partial charge in [0.1, 0.15) is 0 Å². The zero-order valence-corrected chi connectivity index (χ0v) is 12.1. The van der Waals surface area contributed by atoms with Crippen molar-refractivity contribution < 1.29 is 9.59 Å². The molecule has 0 saturated heterocycles. The van der Waals surface area contributed by atoms with Crippen molar-refractivity contribution >= 4 is 29.0 Å². The number of Topliss-reactive ketones (excluding diaryl/α,β-unsaturated/α-hetero) is 1. The van der Waals surface area contributed by atoms with Crippen LogP contribution in [0.4, 0.5) is 5.69 Å². The van der Waals surface area contributed by atoms with Crippen LogP contribution in [0.25, 0.3) is 0 Å². The third kappa shape index (κ3) is 2.58. The molecule has 20 heavy (non-hydrogen) atoms. The molecule has 1 atom stereocenters. The fourth-order valence-corrected chi connectivity index (χ4v) is 2.66. The first kappa shape index (κ1) is 13.6. The molecule has 1 fully saturated rings. The number of carbonyl (C=O) groups excluding carboxylic acids is 2. The average Bonchev–Trinajstić information content (AvgIpc) is 3.22. The molecule has 1 aromatic rings. The first-order valence-corrected chi connectivity index (χ1v) is 7.33. The normalized spacial score (nSPS) is 19.4. The first-order valence-electron chi connectivity index (χ1n) is 6.95. The number of hydrogen-bond donors (Lipinski definition) is 1. The summed E-state index contributed by atoms with van der Waals surface area (Å²) in [7, 11) is 0. The predicted molar refractivity (Wildman–Crippen MR) is 78.3 cm³/mol. The van der Waals surface area contributed by atoms with Crippen molar-refractivity contribution in [3.8, 4) is 0 Å². The molecular formula is C15H17ClN2O2. The Morgan fingerprint density at radius 3 is 2.85 bits per heavy atom. The standard InChI is InChI=1S/C15H17ClN2O2/c1-9(7-17-11-3-4-11)8-18-13-5-2-10(16)6-12(13)14(19)15(18)20/h2,5-6,9,11,17H,3-4,7-8H2,1H3. The number of anilines is 1. The van der Waals surface area contributed by atoms with Gasteiger partial charge in [-0.3, -0.25) is 9.59 Å². The molecule has 1 aliphatic heterocycles. The van der Waals surface area contributed by atoms with Gasteiger partial charge in [-0.15, -0.1) is 0 Å². The summed E-state index contributed by atoms with van der Waals surface area (Å²) >= 11 is 5.89. The molecule has 0 spiro atoms. The molecule has 1 aliphatic carbocycles. The van der Waals surface area contributed by atoms with E-state index in [2.05, 4.69) is 12.2 Å². The lowest BCUT2D eigenvalue weighted by Gasteiger charge is -2.21. The number of hydrogen-bond acceptors (Lipinski definition) is 3. The fraction of sp³-hybridized carbons (Fsp3) is 0.467. The van der Waals surface area contributed by atoms with Crippen LogP contribution in [-0.4, -0.2) is 30.8 Å². The second-order valence-corrected chi connectivity index (χ2v) is 6.13. The van der Waals surface area contributed by atoms with Crippen LogP contribution in [0.2, 0.25) is 5.02 Å². The van der Waals surface area contributed by atoms with Gasteiger partial charge in [0, 0.05) is 17.6 Å². The van der Waals surface area contributed by atoms with Crippen LogP contribution in [0, 0.1) is 5.92 Å². The molecule has 1 aromatic carbocycles. The van der Waals surface area contributed by atoms with Gasteiger partial charge in [0.15, 0.2) is 0 Å². The van der Waals surface area contributed by atoms with Crippen molar-refractivity contribution in [3.63, 3.8) is 0 Å². The van der Waals surface area contributed by atoms with E-state index in [0.717, 1.165) is 6.54 Å². The second-order valence-electron chi connectivity index (χ2n) is 5.69. The van der Waals surface area contributed by atoms with E-state index < -0.39 is 11.7 Å². The third-order valence-corrected chi connectivity index (χ3v) is 4.00. The SMILES string of the molecule is CC(CNC1CC1)CN1C(=O)C(=O)c2cc(Cl)ccc21. The third-order valence-electron chi connectivity index (χ3n) is 3.76. The number of fused-ring (bicyclic) bond motifs is 1. The van der Waals surface area contributed by atoms with E-state index in [1.807, 2.05) is 0 Å². The molecule has 3 rings (SSSR count). The monoisotopic (exact) mass is 292 g/mol. The topological polar surface area (TPSA) is 49.4 Å². The molecule has 1 saturated carbocycles. The summed E-state index contributed by atoms with van der Waals surface area (Å²) in [6.45, 7) is 3.51. The Balaban J connectivity index is 1.73. The molecular weight excluding hydrogens is 276 g/mol. The number of carbonyl (C=O) groups is 2. The van der Waals surface area contributed by atoms with Crippen LogP contribution < -0.4 is 10.2 Å². The second kappa shape index (κ2) is 5.19. The number of benzene rings is 1.